The molecule has 1 rings (SSSR count). The summed E-state index contributed by atoms with van der Waals surface area (Å²) < 4.78 is 0. The molecule has 78 valence electrons. The van der Waals surface area contributed by atoms with Gasteiger partial charge in [0.2, 0.25) is 0 Å². The first kappa shape index (κ1) is 11.2. The summed E-state index contributed by atoms with van der Waals surface area (Å²) in [6.45, 7) is 4.93. The van der Waals surface area contributed by atoms with E-state index in [2.05, 4.69) is 31.3 Å². The standard InChI is InChI=1S/C12H19NO/c1-9(2)10-4-6-11(7-5-10)12(14)8-13-3/h4-7,9,12-14H,8H2,1-3H3. The van der Waals surface area contributed by atoms with E-state index in [1.165, 1.54) is 5.56 Å². The second-order valence-electron chi connectivity index (χ2n) is 3.89. The minimum atomic E-state index is -0.402. The molecule has 2 heteroatoms. The van der Waals surface area contributed by atoms with E-state index in [1.807, 2.05) is 19.2 Å². The van der Waals surface area contributed by atoms with Crippen LogP contribution in [-0.4, -0.2) is 18.7 Å². The summed E-state index contributed by atoms with van der Waals surface area (Å²) in [5.74, 6) is 0.547. The van der Waals surface area contributed by atoms with Crippen LogP contribution in [0.2, 0.25) is 0 Å². The van der Waals surface area contributed by atoms with Gasteiger partial charge in [-0.15, -0.1) is 0 Å². The molecule has 0 radical (unpaired) electrons. The lowest BCUT2D eigenvalue weighted by molar-refractivity contribution is 0.178. The van der Waals surface area contributed by atoms with Crippen molar-refractivity contribution in [3.8, 4) is 0 Å². The smallest absolute Gasteiger partial charge is 0.0914 e. The normalized spacial score (nSPS) is 13.2. The van der Waals surface area contributed by atoms with Crippen LogP contribution in [0.3, 0.4) is 0 Å². The molecular weight excluding hydrogens is 174 g/mol. The third kappa shape index (κ3) is 2.82. The molecule has 0 fully saturated rings. The van der Waals surface area contributed by atoms with Crippen molar-refractivity contribution < 1.29 is 5.11 Å². The van der Waals surface area contributed by atoms with Crippen molar-refractivity contribution in [3.05, 3.63) is 35.4 Å². The lowest BCUT2D eigenvalue weighted by atomic mass is 10.00. The number of benzene rings is 1. The van der Waals surface area contributed by atoms with Crippen LogP contribution >= 0.6 is 0 Å². The van der Waals surface area contributed by atoms with E-state index in [4.69, 9.17) is 0 Å². The van der Waals surface area contributed by atoms with Gasteiger partial charge in [0.25, 0.3) is 0 Å². The van der Waals surface area contributed by atoms with Crippen LogP contribution < -0.4 is 5.32 Å². The van der Waals surface area contributed by atoms with Crippen LogP contribution in [0.5, 0.6) is 0 Å². The van der Waals surface area contributed by atoms with Gasteiger partial charge in [-0.3, -0.25) is 0 Å². The van der Waals surface area contributed by atoms with E-state index in [-0.39, 0.29) is 0 Å². The van der Waals surface area contributed by atoms with E-state index >= 15 is 0 Å². The fraction of sp³-hybridized carbons (Fsp3) is 0.500. The molecule has 1 aromatic carbocycles. The zero-order valence-electron chi connectivity index (χ0n) is 9.12. The summed E-state index contributed by atoms with van der Waals surface area (Å²) in [6, 6.07) is 8.16. The van der Waals surface area contributed by atoms with Crippen molar-refractivity contribution in [2.24, 2.45) is 0 Å². The summed E-state index contributed by atoms with van der Waals surface area (Å²) >= 11 is 0. The highest BCUT2D eigenvalue weighted by Crippen LogP contribution is 2.18. The van der Waals surface area contributed by atoms with Crippen molar-refractivity contribution in [2.45, 2.75) is 25.9 Å². The molecular formula is C12H19NO. The third-order valence-electron chi connectivity index (χ3n) is 2.39. The van der Waals surface area contributed by atoms with Crippen molar-refractivity contribution in [1.29, 1.82) is 0 Å². The van der Waals surface area contributed by atoms with Crippen LogP contribution in [0.15, 0.2) is 24.3 Å². The minimum absolute atomic E-state index is 0.402. The summed E-state index contributed by atoms with van der Waals surface area (Å²) in [5, 5.41) is 12.6. The Morgan fingerprint density at radius 1 is 1.14 bits per heavy atom. The molecule has 0 spiro atoms. The Balaban J connectivity index is 2.72. The number of likely N-dealkylation sites (N-methyl/N-ethyl adjacent to an activating group) is 1. The molecule has 0 aliphatic rings. The zero-order valence-corrected chi connectivity index (χ0v) is 9.12. The molecule has 2 N–H and O–H groups in total. The van der Waals surface area contributed by atoms with Gasteiger partial charge < -0.3 is 10.4 Å². The van der Waals surface area contributed by atoms with Crippen molar-refractivity contribution in [2.75, 3.05) is 13.6 Å². The number of hydrogen-bond acceptors (Lipinski definition) is 2. The maximum atomic E-state index is 9.69. The van der Waals surface area contributed by atoms with Crippen LogP contribution in [-0.2, 0) is 0 Å². The fourth-order valence-electron chi connectivity index (χ4n) is 1.41. The van der Waals surface area contributed by atoms with Crippen LogP contribution in [0.4, 0.5) is 0 Å². The number of hydrogen-bond donors (Lipinski definition) is 2. The zero-order chi connectivity index (χ0) is 10.6. The second kappa shape index (κ2) is 5.13. The molecule has 0 heterocycles. The lowest BCUT2D eigenvalue weighted by Crippen LogP contribution is -2.16. The third-order valence-corrected chi connectivity index (χ3v) is 2.39. The molecule has 0 bridgehead atoms. The van der Waals surface area contributed by atoms with Gasteiger partial charge >= 0.3 is 0 Å². The van der Waals surface area contributed by atoms with Gasteiger partial charge in [0, 0.05) is 6.54 Å². The first-order valence-corrected chi connectivity index (χ1v) is 5.07. The highest BCUT2D eigenvalue weighted by molar-refractivity contribution is 5.26. The molecule has 0 saturated carbocycles. The Bertz CT molecular complexity index is 266. The van der Waals surface area contributed by atoms with E-state index in [9.17, 15) is 5.11 Å². The molecule has 14 heavy (non-hydrogen) atoms. The Hall–Kier alpha value is -0.860. The van der Waals surface area contributed by atoms with Gasteiger partial charge in [0.1, 0.15) is 0 Å². The number of nitrogens with one attached hydrogen (secondary N) is 1. The number of rotatable bonds is 4. The molecule has 0 aliphatic heterocycles. The van der Waals surface area contributed by atoms with Crippen LogP contribution in [0.1, 0.15) is 37.0 Å². The molecule has 1 unspecified atom stereocenters. The maximum Gasteiger partial charge on any atom is 0.0914 e. The molecule has 0 aliphatic carbocycles. The topological polar surface area (TPSA) is 32.3 Å². The second-order valence-corrected chi connectivity index (χ2v) is 3.89. The SMILES string of the molecule is CNCC(O)c1ccc(C(C)C)cc1. The summed E-state index contributed by atoms with van der Waals surface area (Å²) in [6.07, 6.45) is -0.402. The van der Waals surface area contributed by atoms with Gasteiger partial charge in [-0.05, 0) is 24.1 Å². The Morgan fingerprint density at radius 2 is 1.64 bits per heavy atom. The van der Waals surface area contributed by atoms with Gasteiger partial charge in [-0.25, -0.2) is 0 Å². The quantitative estimate of drug-likeness (QED) is 0.767. The number of aliphatic hydroxyl groups excluding tert-OH is 1. The number of aliphatic hydroxyl groups is 1. The molecule has 0 amide bonds. The molecule has 0 aromatic heterocycles. The van der Waals surface area contributed by atoms with Gasteiger partial charge in [0.05, 0.1) is 6.10 Å². The van der Waals surface area contributed by atoms with Gasteiger partial charge in [-0.2, -0.15) is 0 Å². The fourth-order valence-corrected chi connectivity index (χ4v) is 1.41. The van der Waals surface area contributed by atoms with E-state index in [0.29, 0.717) is 12.5 Å². The first-order valence-electron chi connectivity index (χ1n) is 5.07. The predicted molar refractivity (Wildman–Crippen MR) is 59.4 cm³/mol. The molecule has 2 nitrogen and oxygen atoms in total. The summed E-state index contributed by atoms with van der Waals surface area (Å²) in [7, 11) is 1.84. The van der Waals surface area contributed by atoms with Gasteiger partial charge in [0.15, 0.2) is 0 Å². The van der Waals surface area contributed by atoms with Crippen molar-refractivity contribution >= 4 is 0 Å². The Morgan fingerprint density at radius 3 is 2.07 bits per heavy atom. The Labute approximate surface area is 86.0 Å². The molecule has 1 aromatic rings. The van der Waals surface area contributed by atoms with E-state index in [1.54, 1.807) is 0 Å². The van der Waals surface area contributed by atoms with E-state index < -0.39 is 6.10 Å². The highest BCUT2D eigenvalue weighted by Gasteiger charge is 2.06. The molecule has 1 atom stereocenters. The monoisotopic (exact) mass is 193 g/mol. The van der Waals surface area contributed by atoms with Gasteiger partial charge in [-0.1, -0.05) is 38.1 Å². The molecule has 0 saturated heterocycles. The summed E-state index contributed by atoms with van der Waals surface area (Å²) in [5.41, 5.74) is 2.29. The first-order chi connectivity index (χ1) is 6.65. The van der Waals surface area contributed by atoms with Crippen molar-refractivity contribution in [1.82, 2.24) is 5.32 Å². The predicted octanol–water partition coefficient (Wildman–Crippen LogP) is 2.06. The van der Waals surface area contributed by atoms with Crippen LogP contribution in [0, 0.1) is 0 Å². The Kier molecular flexibility index (Phi) is 4.11. The lowest BCUT2D eigenvalue weighted by Gasteiger charge is -2.11. The summed E-state index contributed by atoms with van der Waals surface area (Å²) in [4.78, 5) is 0. The highest BCUT2D eigenvalue weighted by atomic mass is 16.3. The van der Waals surface area contributed by atoms with E-state index in [0.717, 1.165) is 5.56 Å². The maximum absolute atomic E-state index is 9.69. The average molecular weight is 193 g/mol. The van der Waals surface area contributed by atoms with Crippen molar-refractivity contribution in [3.63, 3.8) is 0 Å². The average Bonchev–Trinajstić information content (AvgIpc) is 2.18. The largest absolute Gasteiger partial charge is 0.387 e. The van der Waals surface area contributed by atoms with Crippen LogP contribution in [0.25, 0.3) is 0 Å². The minimum Gasteiger partial charge on any atom is -0.387 e.